The maximum Gasteiger partial charge on any atom is 0.514 e. The Morgan fingerprint density at radius 2 is 0.750 bits per heavy atom. The normalized spacial score (nSPS) is 13.0. The van der Waals surface area contributed by atoms with Gasteiger partial charge in [0.15, 0.2) is 0 Å². The molecule has 0 amide bonds. The van der Waals surface area contributed by atoms with Crippen molar-refractivity contribution in [3.8, 4) is 0 Å². The second kappa shape index (κ2) is 24.6. The highest BCUT2D eigenvalue weighted by molar-refractivity contribution is 7.83. The monoisotopic (exact) mass is 490 g/mol. The molecule has 0 aliphatic carbocycles. The van der Waals surface area contributed by atoms with Crippen molar-refractivity contribution in [1.29, 1.82) is 0 Å². The standard InChI is InChI=1S/C27H58O3SSi/c1-5-9-12-15-18-21-24-28-32(27(31)8-4,29-25-22-19-16-13-10-6-2)30-26-23-20-17-14-11-7-3/h27,31H,5-26H2,1-4H3. The van der Waals surface area contributed by atoms with E-state index in [0.717, 1.165) is 45.5 Å². The smallest absolute Gasteiger partial charge is 0.373 e. The minimum absolute atomic E-state index is 0.0720. The summed E-state index contributed by atoms with van der Waals surface area (Å²) in [6, 6.07) is 0. The average molecular weight is 491 g/mol. The Morgan fingerprint density at radius 1 is 0.469 bits per heavy atom. The molecule has 0 aliphatic rings. The van der Waals surface area contributed by atoms with Gasteiger partial charge in [0.1, 0.15) is 0 Å². The first-order chi connectivity index (χ1) is 15.7. The van der Waals surface area contributed by atoms with E-state index >= 15 is 0 Å². The summed E-state index contributed by atoms with van der Waals surface area (Å²) in [5.41, 5.74) is 0. The SMILES string of the molecule is CCCCCCCCO[Si](OCCCCCCCC)(OCCCCCCCC)C(S)CC. The molecule has 194 valence electrons. The molecule has 0 aromatic heterocycles. The minimum Gasteiger partial charge on any atom is -0.373 e. The van der Waals surface area contributed by atoms with Crippen LogP contribution in [0.25, 0.3) is 0 Å². The minimum atomic E-state index is -2.76. The van der Waals surface area contributed by atoms with Crippen LogP contribution in [0.4, 0.5) is 0 Å². The van der Waals surface area contributed by atoms with Crippen molar-refractivity contribution in [2.45, 2.75) is 155 Å². The van der Waals surface area contributed by atoms with Crippen LogP contribution in [0.3, 0.4) is 0 Å². The van der Waals surface area contributed by atoms with Crippen molar-refractivity contribution >= 4 is 21.4 Å². The van der Waals surface area contributed by atoms with Crippen LogP contribution in [0.1, 0.15) is 150 Å². The first-order valence-corrected chi connectivity index (χ1v) is 16.6. The van der Waals surface area contributed by atoms with Crippen molar-refractivity contribution in [2.75, 3.05) is 19.8 Å². The zero-order valence-electron chi connectivity index (χ0n) is 22.3. The Balaban J connectivity index is 4.59. The van der Waals surface area contributed by atoms with Gasteiger partial charge >= 0.3 is 8.80 Å². The Hall–Kier alpha value is 0.447. The largest absolute Gasteiger partial charge is 0.514 e. The van der Waals surface area contributed by atoms with Gasteiger partial charge in [-0.05, 0) is 25.7 Å². The molecule has 0 heterocycles. The van der Waals surface area contributed by atoms with E-state index in [0.29, 0.717) is 0 Å². The Morgan fingerprint density at radius 3 is 1.03 bits per heavy atom. The van der Waals surface area contributed by atoms with E-state index < -0.39 is 8.80 Å². The molecule has 0 rings (SSSR count). The number of hydrogen-bond donors (Lipinski definition) is 1. The quantitative estimate of drug-likeness (QED) is 0.0743. The second-order valence-corrected chi connectivity index (χ2v) is 13.3. The predicted octanol–water partition coefficient (Wildman–Crippen LogP) is 9.30. The van der Waals surface area contributed by atoms with E-state index in [1.807, 2.05) is 0 Å². The van der Waals surface area contributed by atoms with Gasteiger partial charge in [-0.1, -0.05) is 124 Å². The van der Waals surface area contributed by atoms with Gasteiger partial charge in [-0.15, -0.1) is 0 Å². The summed E-state index contributed by atoms with van der Waals surface area (Å²) < 4.78 is 19.5. The molecular weight excluding hydrogens is 432 g/mol. The lowest BCUT2D eigenvalue weighted by molar-refractivity contribution is 0.0534. The maximum absolute atomic E-state index is 6.50. The zero-order valence-corrected chi connectivity index (χ0v) is 24.2. The van der Waals surface area contributed by atoms with Crippen LogP contribution >= 0.6 is 12.6 Å². The number of hydrogen-bond acceptors (Lipinski definition) is 4. The summed E-state index contributed by atoms with van der Waals surface area (Å²) in [5.74, 6) is 0. The summed E-state index contributed by atoms with van der Waals surface area (Å²) in [6.07, 6.45) is 23.8. The molecular formula is C27H58O3SSi. The van der Waals surface area contributed by atoms with Gasteiger partial charge in [-0.2, -0.15) is 12.6 Å². The van der Waals surface area contributed by atoms with Crippen molar-refractivity contribution in [3.63, 3.8) is 0 Å². The fourth-order valence-electron chi connectivity index (χ4n) is 3.95. The third-order valence-corrected chi connectivity index (χ3v) is 10.6. The molecule has 3 nitrogen and oxygen atoms in total. The highest BCUT2D eigenvalue weighted by atomic mass is 32.1. The van der Waals surface area contributed by atoms with E-state index in [1.54, 1.807) is 0 Å². The fourth-order valence-corrected chi connectivity index (χ4v) is 7.24. The predicted molar refractivity (Wildman–Crippen MR) is 147 cm³/mol. The summed E-state index contributed by atoms with van der Waals surface area (Å²) in [7, 11) is -2.76. The highest BCUT2D eigenvalue weighted by Gasteiger charge is 2.47. The molecule has 0 bridgehead atoms. The summed E-state index contributed by atoms with van der Waals surface area (Å²) in [6.45, 7) is 11.2. The third kappa shape index (κ3) is 17.9. The zero-order chi connectivity index (χ0) is 23.8. The van der Waals surface area contributed by atoms with Gasteiger partial charge in [-0.25, -0.2) is 0 Å². The summed E-state index contributed by atoms with van der Waals surface area (Å²) >= 11 is 4.91. The van der Waals surface area contributed by atoms with Crippen LogP contribution in [-0.4, -0.2) is 33.5 Å². The van der Waals surface area contributed by atoms with Gasteiger partial charge < -0.3 is 13.3 Å². The van der Waals surface area contributed by atoms with E-state index in [-0.39, 0.29) is 4.87 Å². The molecule has 0 saturated heterocycles. The molecule has 1 unspecified atom stereocenters. The van der Waals surface area contributed by atoms with Crippen LogP contribution < -0.4 is 0 Å². The maximum atomic E-state index is 6.50. The molecule has 1 atom stereocenters. The van der Waals surface area contributed by atoms with Gasteiger partial charge in [0.2, 0.25) is 0 Å². The Bertz CT molecular complexity index is 325. The molecule has 0 aromatic rings. The molecule has 0 N–H and O–H groups in total. The van der Waals surface area contributed by atoms with Crippen molar-refractivity contribution in [2.24, 2.45) is 0 Å². The van der Waals surface area contributed by atoms with E-state index in [2.05, 4.69) is 27.7 Å². The van der Waals surface area contributed by atoms with Crippen LogP contribution in [-0.2, 0) is 13.3 Å². The van der Waals surface area contributed by atoms with Gasteiger partial charge in [0, 0.05) is 19.8 Å². The average Bonchev–Trinajstić information content (AvgIpc) is 2.81. The number of unbranched alkanes of at least 4 members (excludes halogenated alkanes) is 15. The van der Waals surface area contributed by atoms with Crippen molar-refractivity contribution in [3.05, 3.63) is 0 Å². The van der Waals surface area contributed by atoms with Crippen LogP contribution in [0.5, 0.6) is 0 Å². The van der Waals surface area contributed by atoms with Crippen LogP contribution in [0, 0.1) is 0 Å². The Labute approximate surface area is 208 Å². The van der Waals surface area contributed by atoms with E-state index in [1.165, 1.54) is 96.3 Å². The van der Waals surface area contributed by atoms with Crippen LogP contribution in [0.15, 0.2) is 0 Å². The lowest BCUT2D eigenvalue weighted by Gasteiger charge is -2.33. The first kappa shape index (κ1) is 32.4. The van der Waals surface area contributed by atoms with Gasteiger partial charge in [0.25, 0.3) is 0 Å². The van der Waals surface area contributed by atoms with Crippen molar-refractivity contribution in [1.82, 2.24) is 0 Å². The number of thiol groups is 1. The van der Waals surface area contributed by atoms with Gasteiger partial charge in [0.05, 0.1) is 4.87 Å². The molecule has 5 heteroatoms. The number of rotatable bonds is 26. The van der Waals surface area contributed by atoms with Crippen LogP contribution in [0.2, 0.25) is 0 Å². The lowest BCUT2D eigenvalue weighted by Crippen LogP contribution is -2.54. The van der Waals surface area contributed by atoms with Crippen molar-refractivity contribution < 1.29 is 13.3 Å². The molecule has 0 aliphatic heterocycles. The summed E-state index contributed by atoms with van der Waals surface area (Å²) in [5, 5.41) is 0. The van der Waals surface area contributed by atoms with E-state index in [4.69, 9.17) is 25.9 Å². The molecule has 0 spiro atoms. The Kier molecular flexibility index (Phi) is 24.9. The highest BCUT2D eigenvalue weighted by Crippen LogP contribution is 2.24. The summed E-state index contributed by atoms with van der Waals surface area (Å²) in [4.78, 5) is 0.0720. The fraction of sp³-hybridized carbons (Fsp3) is 1.00. The van der Waals surface area contributed by atoms with Gasteiger partial charge in [-0.3, -0.25) is 0 Å². The molecule has 32 heavy (non-hydrogen) atoms. The molecule has 0 aromatic carbocycles. The third-order valence-electron chi connectivity index (χ3n) is 6.20. The lowest BCUT2D eigenvalue weighted by atomic mass is 10.1. The molecule has 0 saturated carbocycles. The molecule has 0 fully saturated rings. The second-order valence-electron chi connectivity index (χ2n) is 9.38. The van der Waals surface area contributed by atoms with E-state index in [9.17, 15) is 0 Å². The first-order valence-electron chi connectivity index (χ1n) is 14.3. The topological polar surface area (TPSA) is 27.7 Å². The molecule has 0 radical (unpaired) electrons.